The summed E-state index contributed by atoms with van der Waals surface area (Å²) in [6.07, 6.45) is 3.45. The van der Waals surface area contributed by atoms with Crippen LogP contribution < -0.4 is 5.32 Å². The molecule has 0 radical (unpaired) electrons. The van der Waals surface area contributed by atoms with Crippen LogP contribution in [0.4, 0.5) is 0 Å². The lowest BCUT2D eigenvalue weighted by Gasteiger charge is -2.18. The standard InChI is InChI=1S/C13H19NO3S/c1-18(16,17)11-6-4-10(5-7-11)9-13(15)12-3-2-8-14-12/h4-7,12-15H,2-3,8-9H2,1H3/t12-,13+/m0/s1. The normalized spacial score (nSPS) is 22.0. The average Bonchev–Trinajstić information content (AvgIpc) is 2.82. The second kappa shape index (κ2) is 5.38. The van der Waals surface area contributed by atoms with E-state index in [2.05, 4.69) is 5.32 Å². The number of aliphatic hydroxyl groups is 1. The molecule has 5 heteroatoms. The molecule has 0 aromatic heterocycles. The maximum absolute atomic E-state index is 11.3. The van der Waals surface area contributed by atoms with Gasteiger partial charge < -0.3 is 10.4 Å². The largest absolute Gasteiger partial charge is 0.391 e. The first-order valence-electron chi connectivity index (χ1n) is 6.17. The van der Waals surface area contributed by atoms with Gasteiger partial charge in [-0.25, -0.2) is 8.42 Å². The van der Waals surface area contributed by atoms with Crippen molar-refractivity contribution >= 4 is 9.84 Å². The van der Waals surface area contributed by atoms with E-state index in [0.29, 0.717) is 11.3 Å². The lowest BCUT2D eigenvalue weighted by atomic mass is 10.0. The van der Waals surface area contributed by atoms with Crippen LogP contribution in [-0.2, 0) is 16.3 Å². The summed E-state index contributed by atoms with van der Waals surface area (Å²) in [5.74, 6) is 0. The minimum atomic E-state index is -3.14. The van der Waals surface area contributed by atoms with Crippen LogP contribution in [-0.4, -0.2) is 38.5 Å². The molecular formula is C13H19NO3S. The van der Waals surface area contributed by atoms with E-state index in [1.54, 1.807) is 24.3 Å². The van der Waals surface area contributed by atoms with Gasteiger partial charge >= 0.3 is 0 Å². The molecule has 1 aromatic rings. The molecule has 0 aliphatic carbocycles. The molecule has 1 aliphatic rings. The molecule has 1 fully saturated rings. The molecule has 1 aliphatic heterocycles. The minimum absolute atomic E-state index is 0.166. The second-order valence-electron chi connectivity index (χ2n) is 4.89. The molecule has 0 unspecified atom stereocenters. The zero-order valence-corrected chi connectivity index (χ0v) is 11.3. The van der Waals surface area contributed by atoms with E-state index >= 15 is 0 Å². The lowest BCUT2D eigenvalue weighted by molar-refractivity contribution is 0.136. The fourth-order valence-electron chi connectivity index (χ4n) is 2.30. The number of hydrogen-bond acceptors (Lipinski definition) is 4. The van der Waals surface area contributed by atoms with E-state index in [1.807, 2.05) is 0 Å². The van der Waals surface area contributed by atoms with Crippen molar-refractivity contribution < 1.29 is 13.5 Å². The maximum atomic E-state index is 11.3. The summed E-state index contributed by atoms with van der Waals surface area (Å²) in [6, 6.07) is 6.90. The molecule has 0 bridgehead atoms. The molecule has 100 valence electrons. The SMILES string of the molecule is CS(=O)(=O)c1ccc(C[C@@H](O)[C@@H]2CCCN2)cc1. The van der Waals surface area contributed by atoms with Crippen molar-refractivity contribution in [2.45, 2.75) is 36.3 Å². The van der Waals surface area contributed by atoms with E-state index in [4.69, 9.17) is 0 Å². The van der Waals surface area contributed by atoms with Gasteiger partial charge in [-0.05, 0) is 43.5 Å². The fraction of sp³-hybridized carbons (Fsp3) is 0.538. The Hall–Kier alpha value is -0.910. The zero-order valence-electron chi connectivity index (χ0n) is 10.5. The maximum Gasteiger partial charge on any atom is 0.175 e. The molecule has 4 nitrogen and oxygen atoms in total. The Bertz CT molecular complexity index is 489. The third kappa shape index (κ3) is 3.31. The lowest BCUT2D eigenvalue weighted by Crippen LogP contribution is -2.36. The minimum Gasteiger partial charge on any atom is -0.391 e. The topological polar surface area (TPSA) is 66.4 Å². The molecular weight excluding hydrogens is 250 g/mol. The summed E-state index contributed by atoms with van der Waals surface area (Å²) in [5, 5.41) is 13.3. The monoisotopic (exact) mass is 269 g/mol. The summed E-state index contributed by atoms with van der Waals surface area (Å²) in [4.78, 5) is 0.319. The molecule has 0 saturated carbocycles. The van der Waals surface area contributed by atoms with Crippen LogP contribution in [0.1, 0.15) is 18.4 Å². The van der Waals surface area contributed by atoms with E-state index in [-0.39, 0.29) is 6.04 Å². The molecule has 18 heavy (non-hydrogen) atoms. The summed E-state index contributed by atoms with van der Waals surface area (Å²) >= 11 is 0. The average molecular weight is 269 g/mol. The van der Waals surface area contributed by atoms with E-state index in [1.165, 1.54) is 6.26 Å². The third-order valence-corrected chi connectivity index (χ3v) is 4.49. The highest BCUT2D eigenvalue weighted by atomic mass is 32.2. The van der Waals surface area contributed by atoms with Gasteiger partial charge in [0.1, 0.15) is 0 Å². The molecule has 0 amide bonds. The van der Waals surface area contributed by atoms with Crippen LogP contribution in [0.3, 0.4) is 0 Å². The van der Waals surface area contributed by atoms with E-state index < -0.39 is 15.9 Å². The van der Waals surface area contributed by atoms with Crippen molar-refractivity contribution in [1.82, 2.24) is 5.32 Å². The molecule has 2 rings (SSSR count). The Kier molecular flexibility index (Phi) is 4.04. The number of aliphatic hydroxyl groups excluding tert-OH is 1. The van der Waals surface area contributed by atoms with Crippen LogP contribution in [0.15, 0.2) is 29.2 Å². The van der Waals surface area contributed by atoms with E-state index in [0.717, 1.165) is 24.9 Å². The van der Waals surface area contributed by atoms with Crippen molar-refractivity contribution in [1.29, 1.82) is 0 Å². The van der Waals surface area contributed by atoms with Crippen LogP contribution >= 0.6 is 0 Å². The van der Waals surface area contributed by atoms with Crippen molar-refractivity contribution in [3.8, 4) is 0 Å². The van der Waals surface area contributed by atoms with E-state index in [9.17, 15) is 13.5 Å². The van der Waals surface area contributed by atoms with Crippen LogP contribution in [0.2, 0.25) is 0 Å². The number of hydrogen-bond donors (Lipinski definition) is 2. The fourth-order valence-corrected chi connectivity index (χ4v) is 2.93. The highest BCUT2D eigenvalue weighted by Gasteiger charge is 2.22. The van der Waals surface area contributed by atoms with Gasteiger partial charge in [0.05, 0.1) is 11.0 Å². The van der Waals surface area contributed by atoms with Crippen molar-refractivity contribution in [2.75, 3.05) is 12.8 Å². The van der Waals surface area contributed by atoms with Crippen LogP contribution in [0.25, 0.3) is 0 Å². The predicted octanol–water partition coefficient (Wildman–Crippen LogP) is 0.745. The van der Waals surface area contributed by atoms with Crippen LogP contribution in [0, 0.1) is 0 Å². The number of sulfone groups is 1. The highest BCUT2D eigenvalue weighted by molar-refractivity contribution is 7.90. The summed E-state index contributed by atoms with van der Waals surface area (Å²) in [6.45, 7) is 0.967. The number of benzene rings is 1. The van der Waals surface area contributed by atoms with Gasteiger partial charge in [0.25, 0.3) is 0 Å². The molecule has 2 atom stereocenters. The number of nitrogens with one attached hydrogen (secondary N) is 1. The van der Waals surface area contributed by atoms with Crippen LogP contribution in [0.5, 0.6) is 0 Å². The Morgan fingerprint density at radius 3 is 2.56 bits per heavy atom. The first-order chi connectivity index (χ1) is 8.47. The highest BCUT2D eigenvalue weighted by Crippen LogP contribution is 2.16. The molecule has 1 heterocycles. The van der Waals surface area contributed by atoms with Crippen molar-refractivity contribution in [3.05, 3.63) is 29.8 Å². The Morgan fingerprint density at radius 2 is 2.06 bits per heavy atom. The summed E-state index contributed by atoms with van der Waals surface area (Å²) < 4.78 is 22.6. The smallest absolute Gasteiger partial charge is 0.175 e. The Morgan fingerprint density at radius 1 is 1.39 bits per heavy atom. The van der Waals surface area contributed by atoms with Gasteiger partial charge in [0.2, 0.25) is 0 Å². The van der Waals surface area contributed by atoms with Gasteiger partial charge in [0, 0.05) is 12.3 Å². The molecule has 1 aromatic carbocycles. The van der Waals surface area contributed by atoms with Gasteiger partial charge in [0.15, 0.2) is 9.84 Å². The van der Waals surface area contributed by atoms with Crippen molar-refractivity contribution in [2.24, 2.45) is 0 Å². The van der Waals surface area contributed by atoms with Gasteiger partial charge in [-0.2, -0.15) is 0 Å². The zero-order chi connectivity index (χ0) is 13.2. The number of rotatable bonds is 4. The molecule has 0 spiro atoms. The first-order valence-corrected chi connectivity index (χ1v) is 8.06. The third-order valence-electron chi connectivity index (χ3n) is 3.36. The summed E-state index contributed by atoms with van der Waals surface area (Å²) in [5.41, 5.74) is 0.962. The molecule has 1 saturated heterocycles. The predicted molar refractivity (Wildman–Crippen MR) is 70.3 cm³/mol. The van der Waals surface area contributed by atoms with Gasteiger partial charge in [-0.15, -0.1) is 0 Å². The quantitative estimate of drug-likeness (QED) is 0.846. The second-order valence-corrected chi connectivity index (χ2v) is 6.91. The van der Waals surface area contributed by atoms with Gasteiger partial charge in [-0.3, -0.25) is 0 Å². The first kappa shape index (κ1) is 13.5. The molecule has 2 N–H and O–H groups in total. The van der Waals surface area contributed by atoms with Crippen molar-refractivity contribution in [3.63, 3.8) is 0 Å². The Balaban J connectivity index is 2.02. The summed E-state index contributed by atoms with van der Waals surface area (Å²) in [7, 11) is -3.14. The van der Waals surface area contributed by atoms with Gasteiger partial charge in [-0.1, -0.05) is 12.1 Å². The Labute approximate surface area is 108 Å².